The van der Waals surface area contributed by atoms with Crippen molar-refractivity contribution in [2.45, 2.75) is 13.8 Å². The number of hydrogen-bond donors (Lipinski definition) is 1. The lowest BCUT2D eigenvalue weighted by Crippen LogP contribution is -2.13. The van der Waals surface area contributed by atoms with E-state index < -0.39 is 5.91 Å². The van der Waals surface area contributed by atoms with E-state index in [-0.39, 0.29) is 0 Å². The van der Waals surface area contributed by atoms with Crippen LogP contribution < -0.4 is 10.5 Å². The molecule has 0 fully saturated rings. The Bertz CT molecular complexity index is 345. The van der Waals surface area contributed by atoms with E-state index in [1.165, 1.54) is 0 Å². The Morgan fingerprint density at radius 1 is 1.38 bits per heavy atom. The summed E-state index contributed by atoms with van der Waals surface area (Å²) in [5.41, 5.74) is 7.50. The van der Waals surface area contributed by atoms with Crippen LogP contribution in [0.25, 0.3) is 0 Å². The predicted molar refractivity (Wildman–Crippen MR) is 51.0 cm³/mol. The van der Waals surface area contributed by atoms with E-state index in [0.717, 1.165) is 11.1 Å². The van der Waals surface area contributed by atoms with Crippen molar-refractivity contribution < 1.29 is 9.53 Å². The van der Waals surface area contributed by atoms with Crippen LogP contribution in [0.5, 0.6) is 5.75 Å². The van der Waals surface area contributed by atoms with Crippen molar-refractivity contribution in [1.29, 1.82) is 0 Å². The predicted octanol–water partition coefficient (Wildman–Crippen LogP) is 1.41. The summed E-state index contributed by atoms with van der Waals surface area (Å²) in [4.78, 5) is 11.0. The Balaban J connectivity index is 3.35. The molecule has 3 heteroatoms. The van der Waals surface area contributed by atoms with Crippen LogP contribution in [0, 0.1) is 13.8 Å². The molecule has 70 valence electrons. The van der Waals surface area contributed by atoms with Crippen LogP contribution in [0.4, 0.5) is 0 Å². The van der Waals surface area contributed by atoms with E-state index in [2.05, 4.69) is 0 Å². The van der Waals surface area contributed by atoms with Gasteiger partial charge in [-0.15, -0.1) is 0 Å². The van der Waals surface area contributed by atoms with Gasteiger partial charge < -0.3 is 10.5 Å². The third-order valence-corrected chi connectivity index (χ3v) is 1.99. The minimum absolute atomic E-state index is 0.417. The van der Waals surface area contributed by atoms with Crippen LogP contribution in [-0.4, -0.2) is 13.0 Å². The van der Waals surface area contributed by atoms with Crippen molar-refractivity contribution in [3.8, 4) is 5.75 Å². The standard InChI is InChI=1S/C10H13NO2/c1-6-4-8(10(11)12)7(2)9(5-6)13-3/h4-5H,1-3H3,(H2,11,12). The number of aryl methyl sites for hydroxylation is 1. The fourth-order valence-electron chi connectivity index (χ4n) is 1.29. The van der Waals surface area contributed by atoms with Crippen molar-refractivity contribution >= 4 is 5.91 Å². The molecule has 0 bridgehead atoms. The van der Waals surface area contributed by atoms with Gasteiger partial charge in [-0.25, -0.2) is 0 Å². The zero-order valence-corrected chi connectivity index (χ0v) is 8.05. The Labute approximate surface area is 77.5 Å². The highest BCUT2D eigenvalue weighted by Crippen LogP contribution is 2.22. The molecule has 3 nitrogen and oxygen atoms in total. The summed E-state index contributed by atoms with van der Waals surface area (Å²) < 4.78 is 5.11. The fraction of sp³-hybridized carbons (Fsp3) is 0.300. The first-order valence-electron chi connectivity index (χ1n) is 4.01. The van der Waals surface area contributed by atoms with Crippen molar-refractivity contribution in [3.05, 3.63) is 28.8 Å². The average Bonchev–Trinajstić information content (AvgIpc) is 2.08. The molecule has 0 spiro atoms. The van der Waals surface area contributed by atoms with Gasteiger partial charge in [0, 0.05) is 11.1 Å². The molecule has 1 amide bonds. The second kappa shape index (κ2) is 3.47. The first-order valence-corrected chi connectivity index (χ1v) is 4.01. The molecule has 0 aromatic heterocycles. The minimum Gasteiger partial charge on any atom is -0.496 e. The van der Waals surface area contributed by atoms with Crippen LogP contribution in [0.3, 0.4) is 0 Å². The molecule has 0 saturated carbocycles. The van der Waals surface area contributed by atoms with Crippen LogP contribution in [0.2, 0.25) is 0 Å². The number of primary amides is 1. The normalized spacial score (nSPS) is 9.77. The number of methoxy groups -OCH3 is 1. The molecule has 0 aliphatic rings. The molecule has 1 aromatic rings. The number of nitrogens with two attached hydrogens (primary N) is 1. The summed E-state index contributed by atoms with van der Waals surface area (Å²) in [6.45, 7) is 3.72. The van der Waals surface area contributed by atoms with Crippen molar-refractivity contribution in [2.75, 3.05) is 7.11 Å². The molecule has 0 aliphatic carbocycles. The molecule has 1 rings (SSSR count). The van der Waals surface area contributed by atoms with Gasteiger partial charge in [0.05, 0.1) is 7.11 Å². The maximum absolute atomic E-state index is 11.0. The van der Waals surface area contributed by atoms with Crippen molar-refractivity contribution in [1.82, 2.24) is 0 Å². The SMILES string of the molecule is COc1cc(C)cc(C(N)=O)c1C. The van der Waals surface area contributed by atoms with Gasteiger partial charge in [-0.1, -0.05) is 0 Å². The number of benzene rings is 1. The van der Waals surface area contributed by atoms with Crippen LogP contribution in [0.15, 0.2) is 12.1 Å². The summed E-state index contributed by atoms with van der Waals surface area (Å²) in [5.74, 6) is 0.285. The molecule has 0 aliphatic heterocycles. The third-order valence-electron chi connectivity index (χ3n) is 1.99. The summed E-state index contributed by atoms with van der Waals surface area (Å²) in [6.07, 6.45) is 0. The molecule has 2 N–H and O–H groups in total. The van der Waals surface area contributed by atoms with Gasteiger partial charge in [0.15, 0.2) is 0 Å². The topological polar surface area (TPSA) is 52.3 Å². The van der Waals surface area contributed by atoms with Crippen molar-refractivity contribution in [2.24, 2.45) is 5.73 Å². The lowest BCUT2D eigenvalue weighted by molar-refractivity contribution is 0.0999. The molecular weight excluding hydrogens is 166 g/mol. The van der Waals surface area contributed by atoms with Crippen LogP contribution in [0.1, 0.15) is 21.5 Å². The van der Waals surface area contributed by atoms with E-state index in [1.807, 2.05) is 19.9 Å². The van der Waals surface area contributed by atoms with Crippen molar-refractivity contribution in [3.63, 3.8) is 0 Å². The second-order valence-electron chi connectivity index (χ2n) is 3.00. The third kappa shape index (κ3) is 1.80. The quantitative estimate of drug-likeness (QED) is 0.746. The molecule has 0 unspecified atom stereocenters. The first-order chi connectivity index (χ1) is 6.06. The van der Waals surface area contributed by atoms with Gasteiger partial charge in [-0.05, 0) is 31.5 Å². The van der Waals surface area contributed by atoms with Gasteiger partial charge in [-0.3, -0.25) is 4.79 Å². The molecule has 1 aromatic carbocycles. The monoisotopic (exact) mass is 179 g/mol. The molecular formula is C10H13NO2. The molecule has 0 saturated heterocycles. The fourth-order valence-corrected chi connectivity index (χ4v) is 1.29. The van der Waals surface area contributed by atoms with Crippen LogP contribution in [-0.2, 0) is 0 Å². The van der Waals surface area contributed by atoms with Gasteiger partial charge in [-0.2, -0.15) is 0 Å². The Morgan fingerprint density at radius 3 is 2.46 bits per heavy atom. The summed E-state index contributed by atoms with van der Waals surface area (Å²) in [6, 6.07) is 3.64. The van der Waals surface area contributed by atoms with E-state index in [9.17, 15) is 4.79 Å². The summed E-state index contributed by atoms with van der Waals surface area (Å²) in [5, 5.41) is 0. The zero-order chi connectivity index (χ0) is 10.0. The average molecular weight is 179 g/mol. The molecule has 0 atom stereocenters. The number of ether oxygens (including phenoxy) is 1. The number of hydrogen-bond acceptors (Lipinski definition) is 2. The largest absolute Gasteiger partial charge is 0.496 e. The van der Waals surface area contributed by atoms with Gasteiger partial charge in [0.2, 0.25) is 5.91 Å². The van der Waals surface area contributed by atoms with Gasteiger partial charge in [0.25, 0.3) is 0 Å². The Kier molecular flexibility index (Phi) is 2.56. The maximum atomic E-state index is 11.0. The minimum atomic E-state index is -0.417. The van der Waals surface area contributed by atoms with E-state index in [4.69, 9.17) is 10.5 Å². The molecule has 0 radical (unpaired) electrons. The first kappa shape index (κ1) is 9.58. The van der Waals surface area contributed by atoms with E-state index in [0.29, 0.717) is 11.3 Å². The van der Waals surface area contributed by atoms with Crippen LogP contribution >= 0.6 is 0 Å². The molecule has 13 heavy (non-hydrogen) atoms. The Hall–Kier alpha value is -1.51. The summed E-state index contributed by atoms with van der Waals surface area (Å²) in [7, 11) is 1.58. The van der Waals surface area contributed by atoms with E-state index in [1.54, 1.807) is 13.2 Å². The van der Waals surface area contributed by atoms with Gasteiger partial charge >= 0.3 is 0 Å². The maximum Gasteiger partial charge on any atom is 0.249 e. The highest BCUT2D eigenvalue weighted by Gasteiger charge is 2.09. The van der Waals surface area contributed by atoms with Gasteiger partial charge in [0.1, 0.15) is 5.75 Å². The lowest BCUT2D eigenvalue weighted by Gasteiger charge is -2.09. The molecule has 0 heterocycles. The summed E-state index contributed by atoms with van der Waals surface area (Å²) >= 11 is 0. The second-order valence-corrected chi connectivity index (χ2v) is 3.00. The number of amides is 1. The lowest BCUT2D eigenvalue weighted by atomic mass is 10.0. The van der Waals surface area contributed by atoms with E-state index >= 15 is 0 Å². The smallest absolute Gasteiger partial charge is 0.249 e. The highest BCUT2D eigenvalue weighted by atomic mass is 16.5. The number of carbonyl (C=O) groups is 1. The zero-order valence-electron chi connectivity index (χ0n) is 8.05. The Morgan fingerprint density at radius 2 is 2.00 bits per heavy atom. The number of rotatable bonds is 2. The highest BCUT2D eigenvalue weighted by molar-refractivity contribution is 5.95. The number of carbonyl (C=O) groups excluding carboxylic acids is 1.